The van der Waals surface area contributed by atoms with E-state index in [0.29, 0.717) is 23.0 Å². The first-order valence-electron chi connectivity index (χ1n) is 7.87. The van der Waals surface area contributed by atoms with Crippen LogP contribution in [0.4, 0.5) is 0 Å². The molecule has 0 saturated heterocycles. The Morgan fingerprint density at radius 2 is 1.83 bits per heavy atom. The maximum absolute atomic E-state index is 11.8. The van der Waals surface area contributed by atoms with Gasteiger partial charge in [0.1, 0.15) is 0 Å². The van der Waals surface area contributed by atoms with Crippen LogP contribution in [0.5, 0.6) is 0 Å². The van der Waals surface area contributed by atoms with Gasteiger partial charge in [-0.1, -0.05) is 37.1 Å². The van der Waals surface area contributed by atoms with E-state index >= 15 is 0 Å². The second-order valence-corrected chi connectivity index (χ2v) is 8.38. The molecule has 1 aliphatic rings. The zero-order chi connectivity index (χ0) is 16.5. The van der Waals surface area contributed by atoms with Crippen molar-refractivity contribution in [2.24, 2.45) is 5.73 Å². The van der Waals surface area contributed by atoms with Crippen LogP contribution in [0.1, 0.15) is 49.9 Å². The molecule has 0 spiro atoms. The summed E-state index contributed by atoms with van der Waals surface area (Å²) in [6.45, 7) is 1.63. The van der Waals surface area contributed by atoms with Crippen molar-refractivity contribution in [2.75, 3.05) is 5.75 Å². The van der Waals surface area contributed by atoms with E-state index in [2.05, 4.69) is 10.1 Å². The van der Waals surface area contributed by atoms with Crippen molar-refractivity contribution < 1.29 is 12.9 Å². The average molecular weight is 372 g/mol. The van der Waals surface area contributed by atoms with Crippen molar-refractivity contribution in [3.63, 3.8) is 0 Å². The van der Waals surface area contributed by atoms with Crippen molar-refractivity contribution in [1.82, 2.24) is 10.1 Å². The third-order valence-corrected chi connectivity index (χ3v) is 6.18. The SMILES string of the molecule is CCS(=O)(=O)c1ccc(Cc2nc(C3(N)CCCC3)no2)cc1.Cl. The summed E-state index contributed by atoms with van der Waals surface area (Å²) in [6.07, 6.45) is 4.42. The second-order valence-electron chi connectivity index (χ2n) is 6.10. The molecular formula is C16H22ClN3O3S. The minimum absolute atomic E-state index is 0. The molecule has 0 unspecified atom stereocenters. The first-order valence-corrected chi connectivity index (χ1v) is 9.52. The molecular weight excluding hydrogens is 350 g/mol. The smallest absolute Gasteiger partial charge is 0.231 e. The van der Waals surface area contributed by atoms with E-state index < -0.39 is 15.4 Å². The molecule has 2 N–H and O–H groups in total. The molecule has 3 rings (SSSR count). The van der Waals surface area contributed by atoms with Crippen LogP contribution in [0.3, 0.4) is 0 Å². The number of sulfone groups is 1. The summed E-state index contributed by atoms with van der Waals surface area (Å²) in [6, 6.07) is 6.79. The Morgan fingerprint density at radius 3 is 2.42 bits per heavy atom. The molecule has 0 bridgehead atoms. The summed E-state index contributed by atoms with van der Waals surface area (Å²) >= 11 is 0. The highest BCUT2D eigenvalue weighted by molar-refractivity contribution is 7.91. The number of nitrogens with zero attached hydrogens (tertiary/aromatic N) is 2. The van der Waals surface area contributed by atoms with Gasteiger partial charge >= 0.3 is 0 Å². The van der Waals surface area contributed by atoms with E-state index in [1.807, 2.05) is 0 Å². The van der Waals surface area contributed by atoms with Crippen LogP contribution in [-0.2, 0) is 21.8 Å². The molecule has 0 amide bonds. The fourth-order valence-electron chi connectivity index (χ4n) is 2.91. The van der Waals surface area contributed by atoms with Gasteiger partial charge in [-0.2, -0.15) is 4.98 Å². The van der Waals surface area contributed by atoms with Gasteiger partial charge in [0, 0.05) is 0 Å². The number of hydrogen-bond donors (Lipinski definition) is 1. The maximum atomic E-state index is 11.8. The molecule has 2 aromatic rings. The lowest BCUT2D eigenvalue weighted by atomic mass is 9.99. The number of halogens is 1. The molecule has 0 aliphatic heterocycles. The Bertz CT molecular complexity index is 781. The minimum atomic E-state index is -3.17. The highest BCUT2D eigenvalue weighted by Crippen LogP contribution is 2.34. The monoisotopic (exact) mass is 371 g/mol. The van der Waals surface area contributed by atoms with E-state index in [1.54, 1.807) is 31.2 Å². The second kappa shape index (κ2) is 7.21. The highest BCUT2D eigenvalue weighted by atomic mass is 35.5. The molecule has 0 atom stereocenters. The summed E-state index contributed by atoms with van der Waals surface area (Å²) in [4.78, 5) is 4.76. The van der Waals surface area contributed by atoms with Gasteiger partial charge < -0.3 is 10.3 Å². The lowest BCUT2D eigenvalue weighted by Crippen LogP contribution is -2.34. The normalized spacial score (nSPS) is 16.8. The van der Waals surface area contributed by atoms with Gasteiger partial charge in [0.2, 0.25) is 5.89 Å². The molecule has 1 saturated carbocycles. The molecule has 1 fully saturated rings. The summed E-state index contributed by atoms with van der Waals surface area (Å²) in [7, 11) is -3.17. The van der Waals surface area contributed by atoms with Gasteiger partial charge in [0.15, 0.2) is 15.7 Å². The zero-order valence-electron chi connectivity index (χ0n) is 13.6. The number of benzene rings is 1. The lowest BCUT2D eigenvalue weighted by molar-refractivity contribution is 0.352. The van der Waals surface area contributed by atoms with E-state index in [-0.39, 0.29) is 18.2 Å². The van der Waals surface area contributed by atoms with E-state index in [4.69, 9.17) is 10.3 Å². The summed E-state index contributed by atoms with van der Waals surface area (Å²) < 4.78 is 28.9. The molecule has 24 heavy (non-hydrogen) atoms. The number of nitrogens with two attached hydrogens (primary N) is 1. The molecule has 1 aromatic carbocycles. The summed E-state index contributed by atoms with van der Waals surface area (Å²) in [5, 5.41) is 4.03. The largest absolute Gasteiger partial charge is 0.339 e. The Balaban J connectivity index is 0.00000208. The molecule has 0 radical (unpaired) electrons. The Morgan fingerprint density at radius 1 is 1.21 bits per heavy atom. The van der Waals surface area contributed by atoms with Crippen molar-refractivity contribution in [3.8, 4) is 0 Å². The first-order chi connectivity index (χ1) is 10.9. The van der Waals surface area contributed by atoms with Crippen molar-refractivity contribution >= 4 is 22.2 Å². The highest BCUT2D eigenvalue weighted by Gasteiger charge is 2.35. The van der Waals surface area contributed by atoms with Crippen LogP contribution in [0, 0.1) is 0 Å². The van der Waals surface area contributed by atoms with Crippen molar-refractivity contribution in [3.05, 3.63) is 41.5 Å². The van der Waals surface area contributed by atoms with Gasteiger partial charge in [-0.25, -0.2) is 8.42 Å². The van der Waals surface area contributed by atoms with E-state index in [0.717, 1.165) is 31.2 Å². The van der Waals surface area contributed by atoms with Crippen LogP contribution >= 0.6 is 12.4 Å². The van der Waals surface area contributed by atoms with Gasteiger partial charge in [-0.3, -0.25) is 0 Å². The molecule has 8 heteroatoms. The van der Waals surface area contributed by atoms with Crippen LogP contribution in [-0.4, -0.2) is 24.3 Å². The third kappa shape index (κ3) is 3.79. The first kappa shape index (κ1) is 18.9. The van der Waals surface area contributed by atoms with E-state index in [1.165, 1.54) is 0 Å². The Labute approximate surface area is 148 Å². The topological polar surface area (TPSA) is 99.1 Å². The van der Waals surface area contributed by atoms with Crippen LogP contribution in [0.25, 0.3) is 0 Å². The molecule has 6 nitrogen and oxygen atoms in total. The summed E-state index contributed by atoms with van der Waals surface area (Å²) in [5.41, 5.74) is 6.78. The minimum Gasteiger partial charge on any atom is -0.339 e. The number of hydrogen-bond acceptors (Lipinski definition) is 6. The fourth-order valence-corrected chi connectivity index (χ4v) is 3.80. The lowest BCUT2D eigenvalue weighted by Gasteiger charge is -2.17. The quantitative estimate of drug-likeness (QED) is 0.867. The van der Waals surface area contributed by atoms with Crippen LogP contribution < -0.4 is 5.73 Å². The Hall–Kier alpha value is -1.44. The zero-order valence-corrected chi connectivity index (χ0v) is 15.2. The standard InChI is InChI=1S/C16H21N3O3S.ClH/c1-2-23(20,21)13-7-5-12(6-8-13)11-14-18-15(19-22-14)16(17)9-3-4-10-16;/h5-8H,2-4,9-11,17H2,1H3;1H. The molecule has 132 valence electrons. The molecule has 1 heterocycles. The van der Waals surface area contributed by atoms with E-state index in [9.17, 15) is 8.42 Å². The fraction of sp³-hybridized carbons (Fsp3) is 0.500. The van der Waals surface area contributed by atoms with Gasteiger partial charge in [-0.15, -0.1) is 12.4 Å². The van der Waals surface area contributed by atoms with Gasteiger partial charge in [0.05, 0.1) is 22.6 Å². The van der Waals surface area contributed by atoms with Crippen LogP contribution in [0.15, 0.2) is 33.7 Å². The molecule has 1 aromatic heterocycles. The van der Waals surface area contributed by atoms with Crippen molar-refractivity contribution in [2.45, 2.75) is 49.5 Å². The molecule has 1 aliphatic carbocycles. The van der Waals surface area contributed by atoms with Gasteiger partial charge in [0.25, 0.3) is 0 Å². The van der Waals surface area contributed by atoms with Crippen LogP contribution in [0.2, 0.25) is 0 Å². The summed E-state index contributed by atoms with van der Waals surface area (Å²) in [5.74, 6) is 1.18. The Kier molecular flexibility index (Phi) is 5.67. The average Bonchev–Trinajstić information content (AvgIpc) is 3.18. The number of aromatic nitrogens is 2. The van der Waals surface area contributed by atoms with Crippen molar-refractivity contribution in [1.29, 1.82) is 0 Å². The number of rotatable bonds is 5. The predicted octanol–water partition coefficient (Wildman–Crippen LogP) is 2.60. The predicted molar refractivity (Wildman–Crippen MR) is 92.9 cm³/mol. The maximum Gasteiger partial charge on any atom is 0.231 e. The third-order valence-electron chi connectivity index (χ3n) is 4.43. The van der Waals surface area contributed by atoms with Gasteiger partial charge in [-0.05, 0) is 30.5 Å².